The number of amides is 1. The van der Waals surface area contributed by atoms with Gasteiger partial charge in [0.1, 0.15) is 0 Å². The Hall–Kier alpha value is -0.570. The van der Waals surface area contributed by atoms with Crippen LogP contribution in [-0.2, 0) is 4.79 Å². The smallest absolute Gasteiger partial charge is 0.227 e. The molecule has 0 spiro atoms. The SMILES string of the molecule is CCC1(C(=O)NCC2CCCCC2C)CCNC1. The van der Waals surface area contributed by atoms with Gasteiger partial charge in [-0.25, -0.2) is 0 Å². The second-order valence-electron chi connectivity index (χ2n) is 6.29. The van der Waals surface area contributed by atoms with Gasteiger partial charge in [-0.15, -0.1) is 0 Å². The lowest BCUT2D eigenvalue weighted by atomic mass is 9.79. The molecule has 3 atom stereocenters. The van der Waals surface area contributed by atoms with Gasteiger partial charge in [-0.2, -0.15) is 0 Å². The monoisotopic (exact) mass is 252 g/mol. The van der Waals surface area contributed by atoms with E-state index in [1.807, 2.05) is 0 Å². The van der Waals surface area contributed by atoms with Gasteiger partial charge in [0.25, 0.3) is 0 Å². The van der Waals surface area contributed by atoms with Crippen molar-refractivity contribution in [3.63, 3.8) is 0 Å². The van der Waals surface area contributed by atoms with E-state index in [9.17, 15) is 4.79 Å². The molecule has 2 aliphatic rings. The first kappa shape index (κ1) is 13.9. The number of carbonyl (C=O) groups excluding carboxylic acids is 1. The maximum absolute atomic E-state index is 12.4. The van der Waals surface area contributed by atoms with Crippen LogP contribution in [0.3, 0.4) is 0 Å². The molecule has 2 rings (SSSR count). The van der Waals surface area contributed by atoms with Crippen molar-refractivity contribution in [1.82, 2.24) is 10.6 Å². The minimum absolute atomic E-state index is 0.127. The third kappa shape index (κ3) is 2.87. The Morgan fingerprint density at radius 2 is 2.17 bits per heavy atom. The summed E-state index contributed by atoms with van der Waals surface area (Å²) in [4.78, 5) is 12.4. The number of hydrogen-bond acceptors (Lipinski definition) is 2. The van der Waals surface area contributed by atoms with Crippen LogP contribution >= 0.6 is 0 Å². The van der Waals surface area contributed by atoms with Gasteiger partial charge in [-0.05, 0) is 37.6 Å². The summed E-state index contributed by atoms with van der Waals surface area (Å²) < 4.78 is 0. The minimum Gasteiger partial charge on any atom is -0.355 e. The van der Waals surface area contributed by atoms with Crippen molar-refractivity contribution >= 4 is 5.91 Å². The van der Waals surface area contributed by atoms with E-state index in [0.717, 1.165) is 38.4 Å². The standard InChI is InChI=1S/C15H28N2O/c1-3-15(8-9-16-11-15)14(18)17-10-13-7-5-4-6-12(13)2/h12-13,16H,3-11H2,1-2H3,(H,17,18). The normalized spacial score (nSPS) is 36.6. The molecule has 1 aliphatic heterocycles. The summed E-state index contributed by atoms with van der Waals surface area (Å²) in [6.45, 7) is 7.21. The molecule has 1 saturated heterocycles. The first-order valence-electron chi connectivity index (χ1n) is 7.67. The lowest BCUT2D eigenvalue weighted by Gasteiger charge is -2.31. The van der Waals surface area contributed by atoms with E-state index in [4.69, 9.17) is 0 Å². The molecule has 1 amide bonds. The number of rotatable bonds is 4. The van der Waals surface area contributed by atoms with Crippen molar-refractivity contribution in [3.8, 4) is 0 Å². The maximum atomic E-state index is 12.4. The van der Waals surface area contributed by atoms with E-state index < -0.39 is 0 Å². The number of hydrogen-bond donors (Lipinski definition) is 2. The van der Waals surface area contributed by atoms with Gasteiger partial charge in [0.15, 0.2) is 0 Å². The fourth-order valence-corrected chi connectivity index (χ4v) is 3.51. The van der Waals surface area contributed by atoms with E-state index in [-0.39, 0.29) is 11.3 Å². The van der Waals surface area contributed by atoms with Gasteiger partial charge < -0.3 is 10.6 Å². The summed E-state index contributed by atoms with van der Waals surface area (Å²) in [7, 11) is 0. The molecular weight excluding hydrogens is 224 g/mol. The molecule has 104 valence electrons. The Morgan fingerprint density at radius 3 is 2.78 bits per heavy atom. The van der Waals surface area contributed by atoms with Crippen molar-refractivity contribution in [2.45, 2.75) is 52.4 Å². The van der Waals surface area contributed by atoms with Crippen molar-refractivity contribution in [1.29, 1.82) is 0 Å². The molecular formula is C15H28N2O. The fourth-order valence-electron chi connectivity index (χ4n) is 3.51. The van der Waals surface area contributed by atoms with Crippen LogP contribution in [-0.4, -0.2) is 25.5 Å². The van der Waals surface area contributed by atoms with Crippen molar-refractivity contribution in [2.75, 3.05) is 19.6 Å². The predicted octanol–water partition coefficient (Wildman–Crippen LogP) is 2.32. The summed E-state index contributed by atoms with van der Waals surface area (Å²) in [6.07, 6.45) is 7.28. The molecule has 0 bridgehead atoms. The third-order valence-corrected chi connectivity index (χ3v) is 5.22. The Morgan fingerprint density at radius 1 is 1.39 bits per heavy atom. The highest BCUT2D eigenvalue weighted by Crippen LogP contribution is 2.31. The van der Waals surface area contributed by atoms with Crippen molar-refractivity contribution in [2.24, 2.45) is 17.3 Å². The molecule has 0 aromatic carbocycles. The second kappa shape index (κ2) is 6.05. The zero-order valence-electron chi connectivity index (χ0n) is 11.9. The highest BCUT2D eigenvalue weighted by molar-refractivity contribution is 5.83. The zero-order chi connectivity index (χ0) is 13.0. The van der Waals surface area contributed by atoms with Crippen molar-refractivity contribution in [3.05, 3.63) is 0 Å². The van der Waals surface area contributed by atoms with Gasteiger partial charge in [0, 0.05) is 13.1 Å². The molecule has 1 aliphatic carbocycles. The Labute approximate surface area is 111 Å². The van der Waals surface area contributed by atoms with Crippen LogP contribution in [0.4, 0.5) is 0 Å². The molecule has 2 fully saturated rings. The lowest BCUT2D eigenvalue weighted by Crippen LogP contribution is -2.44. The molecule has 3 heteroatoms. The summed E-state index contributed by atoms with van der Waals surface area (Å²) >= 11 is 0. The zero-order valence-corrected chi connectivity index (χ0v) is 11.9. The van der Waals surface area contributed by atoms with E-state index in [0.29, 0.717) is 5.92 Å². The van der Waals surface area contributed by atoms with E-state index in [2.05, 4.69) is 24.5 Å². The summed E-state index contributed by atoms with van der Waals surface area (Å²) in [5, 5.41) is 6.57. The van der Waals surface area contributed by atoms with Crippen LogP contribution < -0.4 is 10.6 Å². The lowest BCUT2D eigenvalue weighted by molar-refractivity contribution is -0.130. The van der Waals surface area contributed by atoms with Gasteiger partial charge in [-0.1, -0.05) is 33.1 Å². The Balaban J connectivity index is 1.83. The molecule has 0 aromatic heterocycles. The van der Waals surface area contributed by atoms with Gasteiger partial charge in [0.2, 0.25) is 5.91 Å². The summed E-state index contributed by atoms with van der Waals surface area (Å²) in [5.74, 6) is 1.76. The van der Waals surface area contributed by atoms with Gasteiger partial charge in [-0.3, -0.25) is 4.79 Å². The first-order valence-corrected chi connectivity index (χ1v) is 7.67. The number of nitrogens with one attached hydrogen (secondary N) is 2. The average Bonchev–Trinajstić information content (AvgIpc) is 2.87. The molecule has 1 heterocycles. The van der Waals surface area contributed by atoms with Crippen LogP contribution in [0.2, 0.25) is 0 Å². The van der Waals surface area contributed by atoms with Gasteiger partial charge in [0.05, 0.1) is 5.41 Å². The topological polar surface area (TPSA) is 41.1 Å². The number of carbonyl (C=O) groups is 1. The van der Waals surface area contributed by atoms with Crippen molar-refractivity contribution < 1.29 is 4.79 Å². The quantitative estimate of drug-likeness (QED) is 0.806. The van der Waals surface area contributed by atoms with Crippen LogP contribution in [0, 0.1) is 17.3 Å². The average molecular weight is 252 g/mol. The summed E-state index contributed by atoms with van der Waals surface area (Å²) in [6, 6.07) is 0. The Kier molecular flexibility index (Phi) is 4.66. The molecule has 2 N–H and O–H groups in total. The van der Waals surface area contributed by atoms with E-state index >= 15 is 0 Å². The van der Waals surface area contributed by atoms with Crippen LogP contribution in [0.5, 0.6) is 0 Å². The molecule has 3 unspecified atom stereocenters. The molecule has 1 saturated carbocycles. The molecule has 0 radical (unpaired) electrons. The van der Waals surface area contributed by atoms with Crippen LogP contribution in [0.1, 0.15) is 52.4 Å². The third-order valence-electron chi connectivity index (χ3n) is 5.22. The Bertz CT molecular complexity index is 284. The van der Waals surface area contributed by atoms with Gasteiger partial charge >= 0.3 is 0 Å². The van der Waals surface area contributed by atoms with Crippen LogP contribution in [0.25, 0.3) is 0 Å². The largest absolute Gasteiger partial charge is 0.355 e. The van der Waals surface area contributed by atoms with E-state index in [1.54, 1.807) is 0 Å². The minimum atomic E-state index is -0.127. The first-order chi connectivity index (χ1) is 8.68. The highest BCUT2D eigenvalue weighted by Gasteiger charge is 2.39. The predicted molar refractivity (Wildman–Crippen MR) is 74.3 cm³/mol. The molecule has 3 nitrogen and oxygen atoms in total. The fraction of sp³-hybridized carbons (Fsp3) is 0.933. The van der Waals surface area contributed by atoms with E-state index in [1.165, 1.54) is 25.7 Å². The molecule has 0 aromatic rings. The van der Waals surface area contributed by atoms with Crippen LogP contribution in [0.15, 0.2) is 0 Å². The maximum Gasteiger partial charge on any atom is 0.227 e. The summed E-state index contributed by atoms with van der Waals surface area (Å²) in [5.41, 5.74) is -0.127. The molecule has 18 heavy (non-hydrogen) atoms. The highest BCUT2D eigenvalue weighted by atomic mass is 16.2. The second-order valence-corrected chi connectivity index (χ2v) is 6.29.